The van der Waals surface area contributed by atoms with E-state index in [9.17, 15) is 24.5 Å². The summed E-state index contributed by atoms with van der Waals surface area (Å²) >= 11 is 0. The molecular weight excluding hydrogens is 218 g/mol. The van der Waals surface area contributed by atoms with Gasteiger partial charge in [0.2, 0.25) is 0 Å². The molecule has 1 aromatic rings. The van der Waals surface area contributed by atoms with Gasteiger partial charge >= 0.3 is 16.9 Å². The minimum absolute atomic E-state index is 0.00574. The van der Waals surface area contributed by atoms with Crippen LogP contribution in [0.3, 0.4) is 0 Å². The molecule has 0 amide bonds. The second-order valence-electron chi connectivity index (χ2n) is 3.18. The van der Waals surface area contributed by atoms with Crippen molar-refractivity contribution in [3.05, 3.63) is 37.1 Å². The molecule has 86 valence electrons. The topological polar surface area (TPSA) is 115 Å². The summed E-state index contributed by atoms with van der Waals surface area (Å²) in [4.78, 5) is 44.2. The fourth-order valence-electron chi connectivity index (χ4n) is 1.07. The molecule has 0 aromatic carbocycles. The predicted molar refractivity (Wildman–Crippen MR) is 53.3 cm³/mol. The quantitative estimate of drug-likeness (QED) is 0.546. The molecule has 1 aromatic heterocycles. The monoisotopic (exact) mass is 227 g/mol. The van der Waals surface area contributed by atoms with Crippen molar-refractivity contribution in [1.29, 1.82) is 0 Å². The molecule has 0 unspecified atom stereocenters. The molecule has 1 heterocycles. The van der Waals surface area contributed by atoms with Gasteiger partial charge in [-0.15, -0.1) is 0 Å². The van der Waals surface area contributed by atoms with Crippen LogP contribution in [0.2, 0.25) is 0 Å². The number of ketones is 1. The van der Waals surface area contributed by atoms with Gasteiger partial charge < -0.3 is 0 Å². The number of nitro groups is 1. The molecule has 8 nitrogen and oxygen atoms in total. The van der Waals surface area contributed by atoms with Gasteiger partial charge in [-0.3, -0.25) is 29.3 Å². The molecule has 1 rings (SSSR count). The second kappa shape index (κ2) is 4.51. The standard InChI is InChI=1S/C8H9N3O5/c1-5(12)2-3-10-4-6(11(15)16)7(13)9-8(10)14/h4H,2-3H2,1H3,(H,9,13,14). The second-order valence-corrected chi connectivity index (χ2v) is 3.18. The summed E-state index contributed by atoms with van der Waals surface area (Å²) in [7, 11) is 0. The molecule has 0 aliphatic rings. The Kier molecular flexibility index (Phi) is 3.33. The Bertz CT molecular complexity index is 541. The van der Waals surface area contributed by atoms with Gasteiger partial charge in [-0.1, -0.05) is 0 Å². The Labute approximate surface area is 88.7 Å². The maximum Gasteiger partial charge on any atom is 0.350 e. The van der Waals surface area contributed by atoms with E-state index in [1.807, 2.05) is 4.98 Å². The molecule has 0 atom stereocenters. The number of hydrogen-bond acceptors (Lipinski definition) is 5. The SMILES string of the molecule is CC(=O)CCn1cc([N+](=O)[O-])c(=O)[nH]c1=O. The zero-order valence-electron chi connectivity index (χ0n) is 8.43. The summed E-state index contributed by atoms with van der Waals surface area (Å²) in [6.45, 7) is 1.34. The van der Waals surface area contributed by atoms with Crippen LogP contribution in [0.25, 0.3) is 0 Å². The fourth-order valence-corrected chi connectivity index (χ4v) is 1.07. The van der Waals surface area contributed by atoms with Crippen LogP contribution < -0.4 is 11.2 Å². The normalized spacial score (nSPS) is 10.1. The highest BCUT2D eigenvalue weighted by molar-refractivity contribution is 5.75. The number of Topliss-reactive ketones (excluding diaryl/α,β-unsaturated/α-hetero) is 1. The number of hydrogen-bond donors (Lipinski definition) is 1. The summed E-state index contributed by atoms with van der Waals surface area (Å²) in [5.74, 6) is -0.152. The summed E-state index contributed by atoms with van der Waals surface area (Å²) < 4.78 is 0.931. The van der Waals surface area contributed by atoms with E-state index in [0.717, 1.165) is 10.8 Å². The van der Waals surface area contributed by atoms with E-state index in [1.54, 1.807) is 0 Å². The Morgan fingerprint density at radius 1 is 1.56 bits per heavy atom. The van der Waals surface area contributed by atoms with Crippen LogP contribution in [0.4, 0.5) is 5.69 Å². The first-order chi connectivity index (χ1) is 7.41. The van der Waals surface area contributed by atoms with Crippen molar-refractivity contribution in [3.63, 3.8) is 0 Å². The number of rotatable bonds is 4. The van der Waals surface area contributed by atoms with E-state index in [4.69, 9.17) is 0 Å². The number of nitrogens with zero attached hydrogens (tertiary/aromatic N) is 2. The van der Waals surface area contributed by atoms with Crippen molar-refractivity contribution in [2.75, 3.05) is 0 Å². The number of carbonyl (C=O) groups is 1. The molecule has 0 bridgehead atoms. The molecule has 0 saturated heterocycles. The molecule has 0 aliphatic carbocycles. The molecule has 1 N–H and O–H groups in total. The van der Waals surface area contributed by atoms with Crippen molar-refractivity contribution >= 4 is 11.5 Å². The minimum Gasteiger partial charge on any atom is -0.300 e. The highest BCUT2D eigenvalue weighted by atomic mass is 16.6. The van der Waals surface area contributed by atoms with E-state index in [1.165, 1.54) is 6.92 Å². The third kappa shape index (κ3) is 2.62. The van der Waals surface area contributed by atoms with Gasteiger partial charge in [-0.25, -0.2) is 4.79 Å². The molecule has 0 spiro atoms. The van der Waals surface area contributed by atoms with Crippen LogP contribution >= 0.6 is 0 Å². The van der Waals surface area contributed by atoms with Crippen LogP contribution in [0.5, 0.6) is 0 Å². The largest absolute Gasteiger partial charge is 0.350 e. The molecule has 0 aliphatic heterocycles. The molecule has 0 saturated carbocycles. The Balaban J connectivity index is 3.15. The lowest BCUT2D eigenvalue weighted by Crippen LogP contribution is -2.31. The molecule has 0 radical (unpaired) electrons. The van der Waals surface area contributed by atoms with Crippen LogP contribution in [0.15, 0.2) is 15.8 Å². The van der Waals surface area contributed by atoms with Gasteiger partial charge in [0.05, 0.1) is 11.1 Å². The lowest BCUT2D eigenvalue weighted by molar-refractivity contribution is -0.386. The summed E-state index contributed by atoms with van der Waals surface area (Å²) in [6.07, 6.45) is 0.910. The maximum atomic E-state index is 11.2. The number of aromatic nitrogens is 2. The number of aromatic amines is 1. The highest BCUT2D eigenvalue weighted by Crippen LogP contribution is 1.99. The molecule has 8 heteroatoms. The van der Waals surface area contributed by atoms with Gasteiger partial charge in [0, 0.05) is 13.0 Å². The fraction of sp³-hybridized carbons (Fsp3) is 0.375. The average molecular weight is 227 g/mol. The highest BCUT2D eigenvalue weighted by Gasteiger charge is 2.14. The zero-order chi connectivity index (χ0) is 12.3. The van der Waals surface area contributed by atoms with E-state index in [2.05, 4.69) is 0 Å². The lowest BCUT2D eigenvalue weighted by atomic mass is 10.3. The average Bonchev–Trinajstić information content (AvgIpc) is 2.15. The van der Waals surface area contributed by atoms with Gasteiger partial charge in [-0.2, -0.15) is 0 Å². The predicted octanol–water partition coefficient (Wildman–Crippen LogP) is -0.576. The Morgan fingerprint density at radius 3 is 2.69 bits per heavy atom. The van der Waals surface area contributed by atoms with Crippen LogP contribution in [-0.2, 0) is 11.3 Å². The van der Waals surface area contributed by atoms with Crippen molar-refractivity contribution in [2.45, 2.75) is 19.9 Å². The number of nitrogens with one attached hydrogen (secondary N) is 1. The van der Waals surface area contributed by atoms with Gasteiger partial charge in [-0.05, 0) is 6.92 Å². The van der Waals surface area contributed by atoms with Crippen LogP contribution in [0, 0.1) is 10.1 Å². The Morgan fingerprint density at radius 2 is 2.19 bits per heavy atom. The molecule has 16 heavy (non-hydrogen) atoms. The summed E-state index contributed by atoms with van der Waals surface area (Å²) in [5.41, 5.74) is -2.53. The van der Waals surface area contributed by atoms with Crippen molar-refractivity contribution in [3.8, 4) is 0 Å². The minimum atomic E-state index is -1.05. The van der Waals surface area contributed by atoms with Gasteiger partial charge in [0.1, 0.15) is 5.78 Å². The van der Waals surface area contributed by atoms with Crippen LogP contribution in [-0.4, -0.2) is 20.3 Å². The first-order valence-electron chi connectivity index (χ1n) is 4.39. The summed E-state index contributed by atoms with van der Waals surface area (Å²) in [5, 5.41) is 10.4. The van der Waals surface area contributed by atoms with E-state index < -0.39 is 21.9 Å². The number of carbonyl (C=O) groups excluding carboxylic acids is 1. The molecular formula is C8H9N3O5. The Hall–Kier alpha value is -2.25. The first-order valence-corrected chi connectivity index (χ1v) is 4.39. The van der Waals surface area contributed by atoms with E-state index in [0.29, 0.717) is 0 Å². The van der Waals surface area contributed by atoms with Crippen molar-refractivity contribution in [2.24, 2.45) is 0 Å². The van der Waals surface area contributed by atoms with Crippen molar-refractivity contribution in [1.82, 2.24) is 9.55 Å². The van der Waals surface area contributed by atoms with Crippen LogP contribution in [0.1, 0.15) is 13.3 Å². The number of aryl methyl sites for hydroxylation is 1. The zero-order valence-corrected chi connectivity index (χ0v) is 8.43. The summed E-state index contributed by atoms with van der Waals surface area (Å²) in [6, 6.07) is 0. The lowest BCUT2D eigenvalue weighted by Gasteiger charge is -2.01. The molecule has 0 fully saturated rings. The van der Waals surface area contributed by atoms with E-state index >= 15 is 0 Å². The maximum absolute atomic E-state index is 11.2. The first kappa shape index (κ1) is 11.8. The third-order valence-corrected chi connectivity index (χ3v) is 1.89. The van der Waals surface area contributed by atoms with Crippen molar-refractivity contribution < 1.29 is 9.72 Å². The van der Waals surface area contributed by atoms with E-state index in [-0.39, 0.29) is 18.7 Å². The smallest absolute Gasteiger partial charge is 0.300 e. The third-order valence-electron chi connectivity index (χ3n) is 1.89. The number of H-pyrrole nitrogens is 1. The van der Waals surface area contributed by atoms with Gasteiger partial charge in [0.25, 0.3) is 0 Å². The van der Waals surface area contributed by atoms with Gasteiger partial charge in [0.15, 0.2) is 0 Å².